The van der Waals surface area contributed by atoms with Crippen LogP contribution in [0.15, 0.2) is 12.1 Å². The van der Waals surface area contributed by atoms with Crippen LogP contribution in [0, 0.1) is 0 Å². The summed E-state index contributed by atoms with van der Waals surface area (Å²) in [5.41, 5.74) is 0.646. The lowest BCUT2D eigenvalue weighted by Crippen LogP contribution is -2.51. The number of anilines is 1. The molecule has 0 N–H and O–H groups in total. The van der Waals surface area contributed by atoms with Gasteiger partial charge in [0.05, 0.1) is 19.8 Å². The molecule has 0 spiro atoms. The summed E-state index contributed by atoms with van der Waals surface area (Å²) in [5.74, 6) is 1.99. The Morgan fingerprint density at radius 2 is 1.75 bits per heavy atom. The van der Waals surface area contributed by atoms with Crippen molar-refractivity contribution in [3.05, 3.63) is 18.0 Å². The molecule has 9 heteroatoms. The number of amides is 1. The molecule has 2 aliphatic heterocycles. The Bertz CT molecular complexity index is 830. The predicted octanol–water partition coefficient (Wildman–Crippen LogP) is 0.403. The number of carbonyl (C=O) groups is 1. The van der Waals surface area contributed by atoms with E-state index in [1.54, 1.807) is 0 Å². The van der Waals surface area contributed by atoms with Gasteiger partial charge in [-0.2, -0.15) is 4.52 Å². The van der Waals surface area contributed by atoms with Crippen molar-refractivity contribution in [2.45, 2.75) is 26.2 Å². The molecule has 28 heavy (non-hydrogen) atoms. The van der Waals surface area contributed by atoms with E-state index in [-0.39, 0.29) is 11.3 Å². The quantitative estimate of drug-likeness (QED) is 0.754. The number of fused-ring (bicyclic) bond motifs is 1. The molecule has 9 nitrogen and oxygen atoms in total. The van der Waals surface area contributed by atoms with E-state index in [1.165, 1.54) is 0 Å². The fourth-order valence-electron chi connectivity index (χ4n) is 3.65. The maximum absolute atomic E-state index is 12.5. The molecule has 2 saturated heterocycles. The van der Waals surface area contributed by atoms with Crippen molar-refractivity contribution in [3.8, 4) is 0 Å². The SMILES string of the molecule is CC(C)(C)c1nnc2ccc(N3CCN(CC(=O)N4CCOCC4)CC3)nn12. The molecular formula is C19H29N7O2. The maximum atomic E-state index is 12.5. The van der Waals surface area contributed by atoms with Gasteiger partial charge in [0.2, 0.25) is 5.91 Å². The molecule has 2 fully saturated rings. The highest BCUT2D eigenvalue weighted by Gasteiger charge is 2.25. The molecule has 0 bridgehead atoms. The van der Waals surface area contributed by atoms with Gasteiger partial charge in [-0.25, -0.2) is 0 Å². The van der Waals surface area contributed by atoms with Crippen LogP contribution in [0.3, 0.4) is 0 Å². The lowest BCUT2D eigenvalue weighted by Gasteiger charge is -2.36. The van der Waals surface area contributed by atoms with Gasteiger partial charge in [-0.1, -0.05) is 20.8 Å². The van der Waals surface area contributed by atoms with Gasteiger partial charge in [0, 0.05) is 44.7 Å². The molecule has 4 heterocycles. The Hall–Kier alpha value is -2.26. The predicted molar refractivity (Wildman–Crippen MR) is 106 cm³/mol. The standard InChI is InChI=1S/C19H29N7O2/c1-19(2,3)18-21-20-15-4-5-16(22-26(15)18)24-8-6-23(7-9-24)14-17(27)25-10-12-28-13-11-25/h4-5H,6-14H2,1-3H3. The number of carbonyl (C=O) groups excluding carboxylic acids is 1. The third-order valence-electron chi connectivity index (χ3n) is 5.34. The minimum Gasteiger partial charge on any atom is -0.378 e. The molecule has 0 atom stereocenters. The first kappa shape index (κ1) is 19.1. The summed E-state index contributed by atoms with van der Waals surface area (Å²) in [6, 6.07) is 3.98. The minimum absolute atomic E-state index is 0.121. The summed E-state index contributed by atoms with van der Waals surface area (Å²) >= 11 is 0. The molecule has 0 saturated carbocycles. The van der Waals surface area contributed by atoms with E-state index in [2.05, 4.69) is 40.8 Å². The van der Waals surface area contributed by atoms with Crippen LogP contribution in [0.5, 0.6) is 0 Å². The Balaban J connectivity index is 1.39. The van der Waals surface area contributed by atoms with Gasteiger partial charge >= 0.3 is 0 Å². The second kappa shape index (κ2) is 7.63. The number of ether oxygens (including phenoxy) is 1. The second-order valence-electron chi connectivity index (χ2n) is 8.49. The first-order chi connectivity index (χ1) is 13.4. The zero-order chi connectivity index (χ0) is 19.7. The number of aromatic nitrogens is 4. The summed E-state index contributed by atoms with van der Waals surface area (Å²) in [5, 5.41) is 13.3. The average molecular weight is 387 g/mol. The molecule has 2 aromatic rings. The van der Waals surface area contributed by atoms with Crippen LogP contribution in [0.2, 0.25) is 0 Å². The summed E-state index contributed by atoms with van der Waals surface area (Å²) < 4.78 is 7.18. The zero-order valence-electron chi connectivity index (χ0n) is 17.0. The van der Waals surface area contributed by atoms with Crippen molar-refractivity contribution >= 4 is 17.4 Å². The summed E-state index contributed by atoms with van der Waals surface area (Å²) in [7, 11) is 0. The summed E-state index contributed by atoms with van der Waals surface area (Å²) in [6.07, 6.45) is 0. The normalized spacial score (nSPS) is 19.4. The Kier molecular flexibility index (Phi) is 5.20. The Morgan fingerprint density at radius 3 is 2.43 bits per heavy atom. The minimum atomic E-state index is -0.121. The van der Waals surface area contributed by atoms with E-state index in [4.69, 9.17) is 9.84 Å². The van der Waals surface area contributed by atoms with Crippen molar-refractivity contribution in [1.29, 1.82) is 0 Å². The smallest absolute Gasteiger partial charge is 0.236 e. The number of morpholine rings is 1. The van der Waals surface area contributed by atoms with Crippen molar-refractivity contribution in [1.82, 2.24) is 29.6 Å². The molecule has 2 aliphatic rings. The average Bonchev–Trinajstić information content (AvgIpc) is 3.13. The van der Waals surface area contributed by atoms with Crippen LogP contribution in [0.25, 0.3) is 5.65 Å². The van der Waals surface area contributed by atoms with E-state index in [1.807, 2.05) is 21.5 Å². The fourth-order valence-corrected chi connectivity index (χ4v) is 3.65. The lowest BCUT2D eigenvalue weighted by molar-refractivity contribution is -0.136. The molecule has 0 radical (unpaired) electrons. The third kappa shape index (κ3) is 3.95. The van der Waals surface area contributed by atoms with E-state index >= 15 is 0 Å². The van der Waals surface area contributed by atoms with E-state index in [0.29, 0.717) is 32.8 Å². The van der Waals surface area contributed by atoms with Gasteiger partial charge in [0.15, 0.2) is 11.5 Å². The van der Waals surface area contributed by atoms with Gasteiger partial charge in [0.25, 0.3) is 0 Å². The number of hydrogen-bond acceptors (Lipinski definition) is 7. The van der Waals surface area contributed by atoms with Crippen molar-refractivity contribution in [3.63, 3.8) is 0 Å². The maximum Gasteiger partial charge on any atom is 0.236 e. The number of hydrogen-bond donors (Lipinski definition) is 0. The fraction of sp³-hybridized carbons (Fsp3) is 0.684. The van der Waals surface area contributed by atoms with E-state index in [9.17, 15) is 4.79 Å². The van der Waals surface area contributed by atoms with Crippen molar-refractivity contribution < 1.29 is 9.53 Å². The number of rotatable bonds is 3. The largest absolute Gasteiger partial charge is 0.378 e. The molecule has 0 unspecified atom stereocenters. The van der Waals surface area contributed by atoms with E-state index in [0.717, 1.165) is 43.5 Å². The third-order valence-corrected chi connectivity index (χ3v) is 5.34. The molecule has 4 rings (SSSR count). The molecule has 152 valence electrons. The second-order valence-corrected chi connectivity index (χ2v) is 8.49. The lowest BCUT2D eigenvalue weighted by atomic mass is 9.96. The zero-order valence-corrected chi connectivity index (χ0v) is 17.0. The number of nitrogens with zero attached hydrogens (tertiary/aromatic N) is 7. The first-order valence-electron chi connectivity index (χ1n) is 9.97. The highest BCUT2D eigenvalue weighted by atomic mass is 16.5. The van der Waals surface area contributed by atoms with Crippen LogP contribution in [-0.4, -0.2) is 94.5 Å². The molecule has 0 aliphatic carbocycles. The summed E-state index contributed by atoms with van der Waals surface area (Å²) in [4.78, 5) is 18.9. The van der Waals surface area contributed by atoms with Crippen molar-refractivity contribution in [2.24, 2.45) is 0 Å². The summed E-state index contributed by atoms with van der Waals surface area (Å²) in [6.45, 7) is 12.9. The Morgan fingerprint density at radius 1 is 1.04 bits per heavy atom. The Labute approximate surface area is 165 Å². The van der Waals surface area contributed by atoms with Gasteiger partial charge in [0.1, 0.15) is 5.82 Å². The molecule has 0 aromatic carbocycles. The van der Waals surface area contributed by atoms with Crippen LogP contribution in [0.1, 0.15) is 26.6 Å². The monoisotopic (exact) mass is 387 g/mol. The van der Waals surface area contributed by atoms with Gasteiger partial charge in [-0.3, -0.25) is 9.69 Å². The first-order valence-corrected chi connectivity index (χ1v) is 9.97. The highest BCUT2D eigenvalue weighted by Crippen LogP contribution is 2.22. The van der Waals surface area contributed by atoms with Crippen molar-refractivity contribution in [2.75, 3.05) is 63.9 Å². The number of piperazine rings is 1. The van der Waals surface area contributed by atoms with Crippen LogP contribution in [-0.2, 0) is 14.9 Å². The molecular weight excluding hydrogens is 358 g/mol. The van der Waals surface area contributed by atoms with E-state index < -0.39 is 0 Å². The van der Waals surface area contributed by atoms with Gasteiger partial charge in [-0.15, -0.1) is 15.3 Å². The van der Waals surface area contributed by atoms with Crippen LogP contribution < -0.4 is 4.90 Å². The topological polar surface area (TPSA) is 79.1 Å². The highest BCUT2D eigenvalue weighted by molar-refractivity contribution is 5.78. The molecule has 2 aromatic heterocycles. The van der Waals surface area contributed by atoms with Gasteiger partial charge in [-0.05, 0) is 12.1 Å². The van der Waals surface area contributed by atoms with Crippen LogP contribution >= 0.6 is 0 Å². The van der Waals surface area contributed by atoms with Crippen LogP contribution in [0.4, 0.5) is 5.82 Å². The molecule has 1 amide bonds. The van der Waals surface area contributed by atoms with Gasteiger partial charge < -0.3 is 14.5 Å².